The molecule has 1 saturated carbocycles. The largest absolute Gasteiger partial charge is 0.433 e. The van der Waals surface area contributed by atoms with E-state index in [9.17, 15) is 18.0 Å². The number of carbonyl (C=O) groups excluding carboxylic acids is 1. The van der Waals surface area contributed by atoms with Gasteiger partial charge in [0.1, 0.15) is 5.69 Å². The number of aryl methyl sites for hydroxylation is 1. The Hall–Kier alpha value is -1.63. The average Bonchev–Trinajstić information content (AvgIpc) is 2.84. The second-order valence-corrected chi connectivity index (χ2v) is 5.33. The maximum absolute atomic E-state index is 12.5. The van der Waals surface area contributed by atoms with Gasteiger partial charge < -0.3 is 11.1 Å². The van der Waals surface area contributed by atoms with E-state index < -0.39 is 11.9 Å². The second kappa shape index (κ2) is 6.01. The summed E-state index contributed by atoms with van der Waals surface area (Å²) in [7, 11) is 0. The molecule has 0 aromatic carbocycles. The summed E-state index contributed by atoms with van der Waals surface area (Å²) >= 11 is 0. The maximum Gasteiger partial charge on any atom is 0.433 e. The van der Waals surface area contributed by atoms with E-state index in [4.69, 9.17) is 5.73 Å². The number of aromatic nitrogens is 1. The van der Waals surface area contributed by atoms with Crippen LogP contribution in [0.3, 0.4) is 0 Å². The van der Waals surface area contributed by atoms with Gasteiger partial charge in [-0.3, -0.25) is 4.79 Å². The number of nitrogens with zero attached hydrogens (tertiary/aromatic N) is 1. The average molecular weight is 301 g/mol. The number of nitrogens with one attached hydrogen (secondary N) is 1. The van der Waals surface area contributed by atoms with Crippen molar-refractivity contribution in [2.75, 3.05) is 6.54 Å². The van der Waals surface area contributed by atoms with Crippen LogP contribution in [0.15, 0.2) is 12.1 Å². The highest BCUT2D eigenvalue weighted by molar-refractivity contribution is 5.95. The van der Waals surface area contributed by atoms with Crippen molar-refractivity contribution in [3.05, 3.63) is 29.1 Å². The van der Waals surface area contributed by atoms with E-state index in [1.54, 1.807) is 0 Å². The van der Waals surface area contributed by atoms with Gasteiger partial charge >= 0.3 is 6.18 Å². The molecule has 1 amide bonds. The molecule has 1 heterocycles. The van der Waals surface area contributed by atoms with Gasteiger partial charge in [-0.1, -0.05) is 6.42 Å². The predicted octanol–water partition coefficient (Wildman–Crippen LogP) is 2.27. The van der Waals surface area contributed by atoms with Gasteiger partial charge in [0.15, 0.2) is 0 Å². The minimum Gasteiger partial charge on any atom is -0.349 e. The summed E-state index contributed by atoms with van der Waals surface area (Å²) in [6, 6.07) is 1.99. The van der Waals surface area contributed by atoms with Crippen LogP contribution in [0.5, 0.6) is 0 Å². The summed E-state index contributed by atoms with van der Waals surface area (Å²) in [5, 5.41) is 2.86. The topological polar surface area (TPSA) is 68.0 Å². The molecule has 1 aromatic heterocycles. The zero-order valence-corrected chi connectivity index (χ0v) is 11.7. The van der Waals surface area contributed by atoms with E-state index >= 15 is 0 Å². The van der Waals surface area contributed by atoms with Crippen LogP contribution in [-0.2, 0) is 6.18 Å². The van der Waals surface area contributed by atoms with Gasteiger partial charge in [-0.15, -0.1) is 0 Å². The molecule has 7 heteroatoms. The Labute approximate surface area is 120 Å². The van der Waals surface area contributed by atoms with Crippen LogP contribution in [0.25, 0.3) is 0 Å². The smallest absolute Gasteiger partial charge is 0.349 e. The Balaban J connectivity index is 2.13. The molecule has 0 bridgehead atoms. The Bertz CT molecular complexity index is 531. The summed E-state index contributed by atoms with van der Waals surface area (Å²) in [6.07, 6.45) is -1.70. The number of pyridine rings is 1. The summed E-state index contributed by atoms with van der Waals surface area (Å²) in [4.78, 5) is 15.6. The lowest BCUT2D eigenvalue weighted by atomic mass is 10.0. The fourth-order valence-electron chi connectivity index (χ4n) is 2.71. The van der Waals surface area contributed by atoms with Crippen molar-refractivity contribution in [1.82, 2.24) is 10.3 Å². The van der Waals surface area contributed by atoms with Crippen molar-refractivity contribution in [3.63, 3.8) is 0 Å². The number of hydrogen-bond acceptors (Lipinski definition) is 3. The zero-order valence-electron chi connectivity index (χ0n) is 11.7. The van der Waals surface area contributed by atoms with E-state index in [0.29, 0.717) is 6.54 Å². The van der Waals surface area contributed by atoms with E-state index in [2.05, 4.69) is 10.3 Å². The number of carbonyl (C=O) groups is 1. The fourth-order valence-corrected chi connectivity index (χ4v) is 2.71. The first-order valence-electron chi connectivity index (χ1n) is 6.88. The first-order chi connectivity index (χ1) is 9.82. The lowest BCUT2D eigenvalue weighted by Gasteiger charge is -2.20. The summed E-state index contributed by atoms with van der Waals surface area (Å²) in [5.74, 6) is -0.157. The molecule has 2 atom stereocenters. The first kappa shape index (κ1) is 15.8. The third kappa shape index (κ3) is 3.53. The van der Waals surface area contributed by atoms with Crippen molar-refractivity contribution < 1.29 is 18.0 Å². The maximum atomic E-state index is 12.5. The van der Waals surface area contributed by atoms with E-state index in [1.807, 2.05) is 0 Å². The van der Waals surface area contributed by atoms with Crippen molar-refractivity contribution in [1.29, 1.82) is 0 Å². The SMILES string of the molecule is Cc1nc(C(F)(F)F)ccc1C(=O)NC1CCCC1CN. The molecule has 116 valence electrons. The molecule has 21 heavy (non-hydrogen) atoms. The monoisotopic (exact) mass is 301 g/mol. The predicted molar refractivity (Wildman–Crippen MR) is 71.6 cm³/mol. The van der Waals surface area contributed by atoms with Crippen molar-refractivity contribution in [2.45, 2.75) is 38.4 Å². The van der Waals surface area contributed by atoms with Gasteiger partial charge in [0.05, 0.1) is 11.3 Å². The Morgan fingerprint density at radius 2 is 2.14 bits per heavy atom. The standard InChI is InChI=1S/C14H18F3N3O/c1-8-10(5-6-12(19-8)14(15,16)17)13(21)20-11-4-2-3-9(11)7-18/h5-6,9,11H,2-4,7,18H2,1H3,(H,20,21). The van der Waals surface area contributed by atoms with Crippen LogP contribution in [0, 0.1) is 12.8 Å². The summed E-state index contributed by atoms with van der Waals surface area (Å²) in [6.45, 7) is 1.90. The molecule has 2 unspecified atom stereocenters. The van der Waals surface area contributed by atoms with Crippen molar-refractivity contribution in [3.8, 4) is 0 Å². The number of halogens is 3. The van der Waals surface area contributed by atoms with Crippen LogP contribution in [0.1, 0.15) is 41.0 Å². The lowest BCUT2D eigenvalue weighted by molar-refractivity contribution is -0.141. The minimum atomic E-state index is -4.50. The molecular formula is C14H18F3N3O. The number of hydrogen-bond donors (Lipinski definition) is 2. The molecule has 1 aliphatic rings. The van der Waals surface area contributed by atoms with E-state index in [1.165, 1.54) is 13.0 Å². The Kier molecular flexibility index (Phi) is 4.51. The van der Waals surface area contributed by atoms with Crippen LogP contribution in [-0.4, -0.2) is 23.5 Å². The molecular weight excluding hydrogens is 283 g/mol. The summed E-state index contributed by atoms with van der Waals surface area (Å²) in [5.41, 5.74) is 4.90. The van der Waals surface area contributed by atoms with Gasteiger partial charge in [-0.25, -0.2) is 4.98 Å². The van der Waals surface area contributed by atoms with Crippen LogP contribution in [0.2, 0.25) is 0 Å². The molecule has 0 spiro atoms. The highest BCUT2D eigenvalue weighted by Gasteiger charge is 2.33. The van der Waals surface area contributed by atoms with E-state index in [0.717, 1.165) is 25.3 Å². The number of rotatable bonds is 3. The van der Waals surface area contributed by atoms with Crippen LogP contribution in [0.4, 0.5) is 13.2 Å². The van der Waals surface area contributed by atoms with Gasteiger partial charge in [0, 0.05) is 6.04 Å². The van der Waals surface area contributed by atoms with Crippen LogP contribution >= 0.6 is 0 Å². The number of amides is 1. The Morgan fingerprint density at radius 1 is 1.43 bits per heavy atom. The third-order valence-corrected chi connectivity index (χ3v) is 3.90. The van der Waals surface area contributed by atoms with Crippen LogP contribution < -0.4 is 11.1 Å². The normalized spacial score (nSPS) is 22.3. The van der Waals surface area contributed by atoms with Gasteiger partial charge in [0.25, 0.3) is 5.91 Å². The molecule has 0 aliphatic heterocycles. The molecule has 1 aliphatic carbocycles. The zero-order chi connectivity index (χ0) is 15.6. The minimum absolute atomic E-state index is 0.0100. The van der Waals surface area contributed by atoms with E-state index in [-0.39, 0.29) is 29.1 Å². The highest BCUT2D eigenvalue weighted by Crippen LogP contribution is 2.28. The summed E-state index contributed by atoms with van der Waals surface area (Å²) < 4.78 is 37.6. The first-order valence-corrected chi connectivity index (χ1v) is 6.88. The number of nitrogens with two attached hydrogens (primary N) is 1. The molecule has 0 saturated heterocycles. The van der Waals surface area contributed by atoms with Gasteiger partial charge in [-0.2, -0.15) is 13.2 Å². The quantitative estimate of drug-likeness (QED) is 0.900. The van der Waals surface area contributed by atoms with Crippen molar-refractivity contribution in [2.24, 2.45) is 11.7 Å². The van der Waals surface area contributed by atoms with Gasteiger partial charge in [-0.05, 0) is 44.4 Å². The molecule has 1 fully saturated rings. The van der Waals surface area contributed by atoms with Gasteiger partial charge in [0.2, 0.25) is 0 Å². The second-order valence-electron chi connectivity index (χ2n) is 5.33. The number of alkyl halides is 3. The molecule has 3 N–H and O–H groups in total. The highest BCUT2D eigenvalue weighted by atomic mass is 19.4. The molecule has 4 nitrogen and oxygen atoms in total. The molecule has 1 aromatic rings. The van der Waals surface area contributed by atoms with Crippen molar-refractivity contribution >= 4 is 5.91 Å². The lowest BCUT2D eigenvalue weighted by Crippen LogP contribution is -2.40. The Morgan fingerprint density at radius 3 is 2.71 bits per heavy atom. The molecule has 2 rings (SSSR count). The third-order valence-electron chi connectivity index (χ3n) is 3.90. The molecule has 0 radical (unpaired) electrons. The fraction of sp³-hybridized carbons (Fsp3) is 0.571.